The summed E-state index contributed by atoms with van der Waals surface area (Å²) >= 11 is 0. The van der Waals surface area contributed by atoms with Gasteiger partial charge in [-0.05, 0) is 40.6 Å². The fraction of sp³-hybridized carbons (Fsp3) is 0.0952. The zero-order valence-corrected chi connectivity index (χ0v) is 14.3. The summed E-state index contributed by atoms with van der Waals surface area (Å²) in [6.07, 6.45) is 0.138. The highest BCUT2D eigenvalue weighted by Crippen LogP contribution is 2.17. The molecule has 0 spiro atoms. The topological polar surface area (TPSA) is 104 Å². The Bertz CT molecular complexity index is 1010. The van der Waals surface area contributed by atoms with Crippen LogP contribution in [0.15, 0.2) is 66.7 Å². The molecule has 0 aliphatic heterocycles. The van der Waals surface area contributed by atoms with E-state index in [0.29, 0.717) is 0 Å². The van der Waals surface area contributed by atoms with Gasteiger partial charge in [0, 0.05) is 12.0 Å². The fourth-order valence-corrected chi connectivity index (χ4v) is 2.81. The molecule has 3 N–H and O–H groups in total. The van der Waals surface area contributed by atoms with Gasteiger partial charge in [-0.15, -0.1) is 0 Å². The number of rotatable bonds is 6. The van der Waals surface area contributed by atoms with Crippen LogP contribution in [-0.4, -0.2) is 34.1 Å². The van der Waals surface area contributed by atoms with Crippen LogP contribution >= 0.6 is 0 Å². The molecule has 0 radical (unpaired) electrons. The van der Waals surface area contributed by atoms with Crippen LogP contribution in [0.25, 0.3) is 10.8 Å². The van der Waals surface area contributed by atoms with E-state index in [-0.39, 0.29) is 17.5 Å². The van der Waals surface area contributed by atoms with Crippen molar-refractivity contribution in [3.05, 3.63) is 83.4 Å². The second-order valence-corrected chi connectivity index (χ2v) is 6.13. The average molecular weight is 363 g/mol. The number of carbonyl (C=O) groups excluding carboxylic acids is 1. The lowest BCUT2D eigenvalue weighted by atomic mass is 10.0. The largest absolute Gasteiger partial charge is 0.480 e. The minimum atomic E-state index is -1.14. The third-order valence-electron chi connectivity index (χ3n) is 4.25. The Labute approximate surface area is 155 Å². The fourth-order valence-electron chi connectivity index (χ4n) is 2.81. The number of nitrogens with one attached hydrogen (secondary N) is 1. The van der Waals surface area contributed by atoms with Crippen molar-refractivity contribution in [2.75, 3.05) is 0 Å². The van der Waals surface area contributed by atoms with E-state index < -0.39 is 23.9 Å². The number of amides is 1. The van der Waals surface area contributed by atoms with Crippen LogP contribution in [-0.2, 0) is 11.2 Å². The SMILES string of the molecule is O=C(O)c1ccc(C(=O)NC(Cc2ccc3ccccc3c2)C(=O)O)cc1. The summed E-state index contributed by atoms with van der Waals surface area (Å²) in [4.78, 5) is 34.8. The Balaban J connectivity index is 1.75. The summed E-state index contributed by atoms with van der Waals surface area (Å²) in [6, 6.07) is 17.6. The molecule has 3 aromatic rings. The summed E-state index contributed by atoms with van der Waals surface area (Å²) in [5, 5.41) is 22.9. The van der Waals surface area contributed by atoms with Crippen molar-refractivity contribution in [3.8, 4) is 0 Å². The zero-order valence-electron chi connectivity index (χ0n) is 14.3. The predicted octanol–water partition coefficient (Wildman–Crippen LogP) is 2.96. The quantitative estimate of drug-likeness (QED) is 0.625. The first kappa shape index (κ1) is 18.1. The molecule has 136 valence electrons. The van der Waals surface area contributed by atoms with E-state index in [4.69, 9.17) is 5.11 Å². The van der Waals surface area contributed by atoms with Gasteiger partial charge in [-0.1, -0.05) is 42.5 Å². The van der Waals surface area contributed by atoms with E-state index in [1.54, 1.807) is 0 Å². The van der Waals surface area contributed by atoms with Crippen LogP contribution < -0.4 is 5.32 Å². The average Bonchev–Trinajstić information content (AvgIpc) is 2.67. The lowest BCUT2D eigenvalue weighted by molar-refractivity contribution is -0.139. The molecule has 1 unspecified atom stereocenters. The Morgan fingerprint density at radius 2 is 1.44 bits per heavy atom. The van der Waals surface area contributed by atoms with Gasteiger partial charge in [-0.25, -0.2) is 9.59 Å². The Morgan fingerprint density at radius 1 is 0.815 bits per heavy atom. The standard InChI is InChI=1S/C21H17NO5/c23-19(15-7-9-16(10-8-15)20(24)25)22-18(21(26)27)12-13-5-6-14-3-1-2-4-17(14)11-13/h1-11,18H,12H2,(H,22,23)(H,24,25)(H,26,27). The highest BCUT2D eigenvalue weighted by atomic mass is 16.4. The van der Waals surface area contributed by atoms with E-state index in [9.17, 15) is 19.5 Å². The van der Waals surface area contributed by atoms with Crippen molar-refractivity contribution >= 4 is 28.6 Å². The van der Waals surface area contributed by atoms with Crippen LogP contribution in [0.1, 0.15) is 26.3 Å². The summed E-state index contributed by atoms with van der Waals surface area (Å²) in [5.74, 6) is -2.81. The number of hydrogen-bond donors (Lipinski definition) is 3. The molecule has 0 aliphatic rings. The maximum absolute atomic E-state index is 12.3. The molecule has 0 fully saturated rings. The summed E-state index contributed by atoms with van der Waals surface area (Å²) in [5.41, 5.74) is 1.05. The van der Waals surface area contributed by atoms with E-state index >= 15 is 0 Å². The molecule has 3 aromatic carbocycles. The van der Waals surface area contributed by atoms with Crippen LogP contribution in [0.3, 0.4) is 0 Å². The van der Waals surface area contributed by atoms with E-state index in [1.807, 2.05) is 42.5 Å². The number of benzene rings is 3. The number of aliphatic carboxylic acids is 1. The van der Waals surface area contributed by atoms with Crippen molar-refractivity contribution in [1.29, 1.82) is 0 Å². The Morgan fingerprint density at radius 3 is 2.07 bits per heavy atom. The number of carboxylic acid groups (broad SMARTS) is 2. The Kier molecular flexibility index (Phi) is 5.17. The molecule has 6 heteroatoms. The summed E-state index contributed by atoms with van der Waals surface area (Å²) < 4.78 is 0. The maximum atomic E-state index is 12.3. The molecule has 0 bridgehead atoms. The van der Waals surface area contributed by atoms with Gasteiger partial charge >= 0.3 is 11.9 Å². The monoisotopic (exact) mass is 363 g/mol. The van der Waals surface area contributed by atoms with E-state index in [1.165, 1.54) is 24.3 Å². The molecule has 3 rings (SSSR count). The molecular formula is C21H17NO5. The molecule has 0 aromatic heterocycles. The molecule has 0 aliphatic carbocycles. The number of carboxylic acids is 2. The van der Waals surface area contributed by atoms with Gasteiger partial charge in [0.2, 0.25) is 0 Å². The van der Waals surface area contributed by atoms with Gasteiger partial charge in [0.15, 0.2) is 0 Å². The van der Waals surface area contributed by atoms with Crippen LogP contribution in [0.4, 0.5) is 0 Å². The van der Waals surface area contributed by atoms with Crippen LogP contribution in [0, 0.1) is 0 Å². The van der Waals surface area contributed by atoms with Gasteiger partial charge in [-0.3, -0.25) is 4.79 Å². The van der Waals surface area contributed by atoms with Crippen molar-refractivity contribution in [3.63, 3.8) is 0 Å². The molecule has 1 amide bonds. The number of aromatic carboxylic acids is 1. The van der Waals surface area contributed by atoms with Gasteiger partial charge in [0.1, 0.15) is 6.04 Å². The normalized spacial score (nSPS) is 11.7. The third kappa shape index (κ3) is 4.30. The van der Waals surface area contributed by atoms with Gasteiger partial charge < -0.3 is 15.5 Å². The van der Waals surface area contributed by atoms with Gasteiger partial charge in [0.05, 0.1) is 5.56 Å². The number of fused-ring (bicyclic) bond motifs is 1. The third-order valence-corrected chi connectivity index (χ3v) is 4.25. The summed E-state index contributed by atoms with van der Waals surface area (Å²) in [7, 11) is 0. The van der Waals surface area contributed by atoms with Crippen molar-refractivity contribution in [2.45, 2.75) is 12.5 Å². The number of carbonyl (C=O) groups is 3. The number of hydrogen-bond acceptors (Lipinski definition) is 3. The smallest absolute Gasteiger partial charge is 0.335 e. The molecule has 6 nitrogen and oxygen atoms in total. The van der Waals surface area contributed by atoms with Crippen LogP contribution in [0.2, 0.25) is 0 Å². The molecule has 0 saturated carbocycles. The van der Waals surface area contributed by atoms with Gasteiger partial charge in [0.25, 0.3) is 5.91 Å². The molecular weight excluding hydrogens is 346 g/mol. The van der Waals surface area contributed by atoms with E-state index in [2.05, 4.69) is 5.32 Å². The Hall–Kier alpha value is -3.67. The second-order valence-electron chi connectivity index (χ2n) is 6.13. The zero-order chi connectivity index (χ0) is 19.4. The molecule has 27 heavy (non-hydrogen) atoms. The molecule has 1 atom stereocenters. The first-order chi connectivity index (χ1) is 12.9. The summed E-state index contributed by atoms with van der Waals surface area (Å²) in [6.45, 7) is 0. The first-order valence-electron chi connectivity index (χ1n) is 8.29. The van der Waals surface area contributed by atoms with Crippen molar-refractivity contribution < 1.29 is 24.6 Å². The molecule has 0 heterocycles. The molecule has 0 saturated heterocycles. The second kappa shape index (κ2) is 7.70. The van der Waals surface area contributed by atoms with Crippen LogP contribution in [0.5, 0.6) is 0 Å². The lowest BCUT2D eigenvalue weighted by Gasteiger charge is -2.15. The van der Waals surface area contributed by atoms with Crippen molar-refractivity contribution in [1.82, 2.24) is 5.32 Å². The highest BCUT2D eigenvalue weighted by Gasteiger charge is 2.21. The van der Waals surface area contributed by atoms with E-state index in [0.717, 1.165) is 16.3 Å². The lowest BCUT2D eigenvalue weighted by Crippen LogP contribution is -2.42. The van der Waals surface area contributed by atoms with Gasteiger partial charge in [-0.2, -0.15) is 0 Å². The maximum Gasteiger partial charge on any atom is 0.335 e. The van der Waals surface area contributed by atoms with Crippen molar-refractivity contribution in [2.24, 2.45) is 0 Å². The predicted molar refractivity (Wildman–Crippen MR) is 99.9 cm³/mol. The highest BCUT2D eigenvalue weighted by molar-refractivity contribution is 5.97. The minimum Gasteiger partial charge on any atom is -0.480 e. The first-order valence-corrected chi connectivity index (χ1v) is 8.29. The minimum absolute atomic E-state index is 0.0532.